The fourth-order valence-electron chi connectivity index (χ4n) is 2.76. The lowest BCUT2D eigenvalue weighted by atomic mass is 9.95. The van der Waals surface area contributed by atoms with Gasteiger partial charge in [0, 0.05) is 6.04 Å². The smallest absolute Gasteiger partial charge is 0.0358 e. The highest BCUT2D eigenvalue weighted by molar-refractivity contribution is 5.32. The first-order valence-electron chi connectivity index (χ1n) is 7.96. The molecule has 0 bridgehead atoms. The summed E-state index contributed by atoms with van der Waals surface area (Å²) in [6.07, 6.45) is 3.41. The summed E-state index contributed by atoms with van der Waals surface area (Å²) < 4.78 is 0. The number of likely N-dealkylation sites (N-methyl/N-ethyl adjacent to an activating group) is 1. The van der Waals surface area contributed by atoms with Gasteiger partial charge in [0.1, 0.15) is 0 Å². The van der Waals surface area contributed by atoms with E-state index in [1.54, 1.807) is 0 Å². The summed E-state index contributed by atoms with van der Waals surface area (Å²) in [4.78, 5) is 0. The van der Waals surface area contributed by atoms with Crippen LogP contribution in [0.25, 0.3) is 0 Å². The minimum absolute atomic E-state index is 0.378. The molecule has 1 heteroatoms. The number of benzene rings is 2. The number of rotatable bonds is 6. The molecular formula is C20H27N. The van der Waals surface area contributed by atoms with E-state index in [9.17, 15) is 0 Å². The third-order valence-corrected chi connectivity index (χ3v) is 4.28. The summed E-state index contributed by atoms with van der Waals surface area (Å²) in [5.41, 5.74) is 6.94. The Morgan fingerprint density at radius 2 is 1.57 bits per heavy atom. The molecule has 0 aliphatic carbocycles. The van der Waals surface area contributed by atoms with Crippen molar-refractivity contribution < 1.29 is 0 Å². The second-order valence-electron chi connectivity index (χ2n) is 5.96. The summed E-state index contributed by atoms with van der Waals surface area (Å²) in [6, 6.07) is 16.2. The average molecular weight is 281 g/mol. The van der Waals surface area contributed by atoms with Crippen LogP contribution in [0.15, 0.2) is 42.5 Å². The van der Waals surface area contributed by atoms with Crippen molar-refractivity contribution in [2.24, 2.45) is 0 Å². The minimum atomic E-state index is 0.378. The molecule has 0 spiro atoms. The van der Waals surface area contributed by atoms with Crippen molar-refractivity contribution >= 4 is 0 Å². The fourth-order valence-corrected chi connectivity index (χ4v) is 2.76. The quantitative estimate of drug-likeness (QED) is 0.805. The summed E-state index contributed by atoms with van der Waals surface area (Å²) in [7, 11) is 2.05. The van der Waals surface area contributed by atoms with Gasteiger partial charge in [-0.25, -0.2) is 0 Å². The standard InChI is InChI=1S/C20H27N/c1-5-6-17-9-11-19(12-10-17)20(21-4)14-18-8-7-15(2)16(3)13-18/h7-13,20-21H,5-6,14H2,1-4H3. The van der Waals surface area contributed by atoms with Crippen molar-refractivity contribution in [3.8, 4) is 0 Å². The largest absolute Gasteiger partial charge is 0.313 e. The molecule has 0 aliphatic rings. The van der Waals surface area contributed by atoms with Crippen LogP contribution in [-0.4, -0.2) is 7.05 Å². The van der Waals surface area contributed by atoms with Gasteiger partial charge in [-0.05, 0) is 61.6 Å². The van der Waals surface area contributed by atoms with Gasteiger partial charge in [-0.1, -0.05) is 55.8 Å². The third-order valence-electron chi connectivity index (χ3n) is 4.28. The molecule has 0 fully saturated rings. The maximum Gasteiger partial charge on any atom is 0.0358 e. The van der Waals surface area contributed by atoms with E-state index in [0.717, 1.165) is 6.42 Å². The van der Waals surface area contributed by atoms with E-state index in [2.05, 4.69) is 68.6 Å². The first-order chi connectivity index (χ1) is 10.1. The Morgan fingerprint density at radius 3 is 2.14 bits per heavy atom. The van der Waals surface area contributed by atoms with Crippen LogP contribution in [0.2, 0.25) is 0 Å². The summed E-state index contributed by atoms with van der Waals surface area (Å²) in [6.45, 7) is 6.58. The molecule has 0 aliphatic heterocycles. The molecule has 0 aromatic heterocycles. The molecule has 1 unspecified atom stereocenters. The van der Waals surface area contributed by atoms with Crippen LogP contribution in [0.3, 0.4) is 0 Å². The number of aryl methyl sites for hydroxylation is 3. The second kappa shape index (κ2) is 7.42. The molecule has 1 nitrogen and oxygen atoms in total. The monoisotopic (exact) mass is 281 g/mol. The first-order valence-corrected chi connectivity index (χ1v) is 7.96. The van der Waals surface area contributed by atoms with Crippen molar-refractivity contribution in [2.75, 3.05) is 7.05 Å². The van der Waals surface area contributed by atoms with Crippen molar-refractivity contribution in [3.63, 3.8) is 0 Å². The Labute approximate surface area is 129 Å². The highest BCUT2D eigenvalue weighted by atomic mass is 14.9. The molecule has 1 N–H and O–H groups in total. The highest BCUT2D eigenvalue weighted by Gasteiger charge is 2.10. The topological polar surface area (TPSA) is 12.0 Å². The van der Waals surface area contributed by atoms with E-state index in [1.807, 2.05) is 7.05 Å². The maximum absolute atomic E-state index is 3.45. The lowest BCUT2D eigenvalue weighted by Gasteiger charge is -2.18. The van der Waals surface area contributed by atoms with Gasteiger partial charge in [0.15, 0.2) is 0 Å². The van der Waals surface area contributed by atoms with Crippen LogP contribution in [0.1, 0.15) is 47.2 Å². The van der Waals surface area contributed by atoms with Crippen LogP contribution in [0, 0.1) is 13.8 Å². The van der Waals surface area contributed by atoms with Gasteiger partial charge in [-0.3, -0.25) is 0 Å². The molecule has 2 aromatic carbocycles. The van der Waals surface area contributed by atoms with Crippen molar-refractivity contribution in [2.45, 2.75) is 46.1 Å². The van der Waals surface area contributed by atoms with E-state index in [4.69, 9.17) is 0 Å². The zero-order valence-corrected chi connectivity index (χ0v) is 13.7. The van der Waals surface area contributed by atoms with E-state index in [1.165, 1.54) is 40.7 Å². The first kappa shape index (κ1) is 15.8. The summed E-state index contributed by atoms with van der Waals surface area (Å²) in [5, 5.41) is 3.45. The van der Waals surface area contributed by atoms with Gasteiger partial charge in [0.05, 0.1) is 0 Å². The van der Waals surface area contributed by atoms with Crippen molar-refractivity contribution in [1.29, 1.82) is 0 Å². The van der Waals surface area contributed by atoms with Gasteiger partial charge >= 0.3 is 0 Å². The van der Waals surface area contributed by atoms with Crippen LogP contribution >= 0.6 is 0 Å². The molecule has 0 amide bonds. The predicted octanol–water partition coefficient (Wildman–Crippen LogP) is 4.76. The number of nitrogens with one attached hydrogen (secondary N) is 1. The van der Waals surface area contributed by atoms with Gasteiger partial charge in [-0.15, -0.1) is 0 Å². The Hall–Kier alpha value is -1.60. The van der Waals surface area contributed by atoms with Crippen LogP contribution in [-0.2, 0) is 12.8 Å². The summed E-state index contributed by atoms with van der Waals surface area (Å²) in [5.74, 6) is 0. The molecule has 1 atom stereocenters. The van der Waals surface area contributed by atoms with Crippen molar-refractivity contribution in [3.05, 3.63) is 70.3 Å². The van der Waals surface area contributed by atoms with E-state index < -0.39 is 0 Å². The lowest BCUT2D eigenvalue weighted by molar-refractivity contribution is 0.591. The Balaban J connectivity index is 2.13. The Bertz CT molecular complexity index is 569. The van der Waals surface area contributed by atoms with Crippen molar-refractivity contribution in [1.82, 2.24) is 5.32 Å². The molecule has 2 aromatic rings. The molecule has 0 saturated heterocycles. The number of hydrogen-bond acceptors (Lipinski definition) is 1. The normalized spacial score (nSPS) is 12.4. The van der Waals surface area contributed by atoms with Crippen LogP contribution in [0.4, 0.5) is 0 Å². The average Bonchev–Trinajstić information content (AvgIpc) is 2.50. The van der Waals surface area contributed by atoms with E-state index in [-0.39, 0.29) is 0 Å². The second-order valence-corrected chi connectivity index (χ2v) is 5.96. The lowest BCUT2D eigenvalue weighted by Crippen LogP contribution is -2.18. The Morgan fingerprint density at radius 1 is 0.905 bits per heavy atom. The summed E-state index contributed by atoms with van der Waals surface area (Å²) >= 11 is 0. The minimum Gasteiger partial charge on any atom is -0.313 e. The van der Waals surface area contributed by atoms with Gasteiger partial charge in [-0.2, -0.15) is 0 Å². The van der Waals surface area contributed by atoms with Gasteiger partial charge in [0.2, 0.25) is 0 Å². The maximum atomic E-state index is 3.45. The zero-order valence-electron chi connectivity index (χ0n) is 13.7. The van der Waals surface area contributed by atoms with Crippen LogP contribution in [0.5, 0.6) is 0 Å². The van der Waals surface area contributed by atoms with E-state index >= 15 is 0 Å². The predicted molar refractivity (Wildman–Crippen MR) is 91.9 cm³/mol. The molecule has 21 heavy (non-hydrogen) atoms. The molecule has 112 valence electrons. The third kappa shape index (κ3) is 4.18. The Kier molecular flexibility index (Phi) is 5.58. The molecular weight excluding hydrogens is 254 g/mol. The van der Waals surface area contributed by atoms with Gasteiger partial charge < -0.3 is 5.32 Å². The van der Waals surface area contributed by atoms with Crippen LogP contribution < -0.4 is 5.32 Å². The molecule has 0 saturated carbocycles. The zero-order chi connectivity index (χ0) is 15.2. The molecule has 0 heterocycles. The molecule has 0 radical (unpaired) electrons. The fraction of sp³-hybridized carbons (Fsp3) is 0.400. The number of hydrogen-bond donors (Lipinski definition) is 1. The van der Waals surface area contributed by atoms with Gasteiger partial charge in [0.25, 0.3) is 0 Å². The molecule has 2 rings (SSSR count). The SMILES string of the molecule is CCCc1ccc(C(Cc2ccc(C)c(C)c2)NC)cc1. The highest BCUT2D eigenvalue weighted by Crippen LogP contribution is 2.20. The van der Waals surface area contributed by atoms with E-state index in [0.29, 0.717) is 6.04 Å².